The SMILES string of the molecule is CN(C)C(=Nc1ccccc1)Sc1cc(I)cc(N(C)C)c1. The van der Waals surface area contributed by atoms with Gasteiger partial charge in [0.15, 0.2) is 5.17 Å². The van der Waals surface area contributed by atoms with Crippen LogP contribution < -0.4 is 4.90 Å². The van der Waals surface area contributed by atoms with Crippen LogP contribution in [-0.2, 0) is 0 Å². The highest BCUT2D eigenvalue weighted by Gasteiger charge is 2.08. The zero-order chi connectivity index (χ0) is 16.1. The Hall–Kier alpha value is -1.21. The fourth-order valence-electron chi connectivity index (χ4n) is 1.80. The van der Waals surface area contributed by atoms with Gasteiger partial charge in [0.25, 0.3) is 0 Å². The number of benzene rings is 2. The number of nitrogens with zero attached hydrogens (tertiary/aromatic N) is 3. The monoisotopic (exact) mass is 425 g/mol. The molecule has 0 aliphatic carbocycles. The third-order valence-electron chi connectivity index (χ3n) is 2.95. The molecule has 2 aromatic rings. The third-order valence-corrected chi connectivity index (χ3v) is 4.68. The zero-order valence-electron chi connectivity index (χ0n) is 13.2. The van der Waals surface area contributed by atoms with Crippen LogP contribution in [0.4, 0.5) is 11.4 Å². The van der Waals surface area contributed by atoms with Gasteiger partial charge in [-0.05, 0) is 52.9 Å². The molecule has 0 heterocycles. The van der Waals surface area contributed by atoms with Crippen LogP contribution in [0.5, 0.6) is 0 Å². The molecule has 0 saturated heterocycles. The minimum Gasteiger partial charge on any atom is -0.378 e. The van der Waals surface area contributed by atoms with Crippen molar-refractivity contribution >= 4 is 50.9 Å². The van der Waals surface area contributed by atoms with Crippen LogP contribution in [0.25, 0.3) is 0 Å². The van der Waals surface area contributed by atoms with Crippen molar-refractivity contribution in [1.29, 1.82) is 0 Å². The van der Waals surface area contributed by atoms with Gasteiger partial charge in [0, 0.05) is 42.3 Å². The van der Waals surface area contributed by atoms with E-state index in [9.17, 15) is 0 Å². The van der Waals surface area contributed by atoms with Crippen molar-refractivity contribution in [3.63, 3.8) is 0 Å². The molecule has 0 unspecified atom stereocenters. The fourth-order valence-corrected chi connectivity index (χ4v) is 3.57. The maximum atomic E-state index is 4.75. The summed E-state index contributed by atoms with van der Waals surface area (Å²) in [5, 5.41) is 0.970. The molecule has 22 heavy (non-hydrogen) atoms. The molecule has 0 atom stereocenters. The van der Waals surface area contributed by atoms with Crippen molar-refractivity contribution in [2.24, 2.45) is 4.99 Å². The van der Waals surface area contributed by atoms with E-state index in [1.165, 1.54) is 14.2 Å². The van der Waals surface area contributed by atoms with Crippen molar-refractivity contribution in [2.75, 3.05) is 33.1 Å². The number of hydrogen-bond donors (Lipinski definition) is 0. The molecule has 116 valence electrons. The molecular formula is C17H20IN3S. The van der Waals surface area contributed by atoms with Crippen molar-refractivity contribution < 1.29 is 0 Å². The zero-order valence-corrected chi connectivity index (χ0v) is 16.2. The summed E-state index contributed by atoms with van der Waals surface area (Å²) < 4.78 is 1.23. The lowest BCUT2D eigenvalue weighted by molar-refractivity contribution is 0.636. The van der Waals surface area contributed by atoms with Gasteiger partial charge in [-0.1, -0.05) is 30.0 Å². The minimum atomic E-state index is 0.970. The van der Waals surface area contributed by atoms with Crippen LogP contribution in [-0.4, -0.2) is 38.3 Å². The lowest BCUT2D eigenvalue weighted by Gasteiger charge is -2.18. The summed E-state index contributed by atoms with van der Waals surface area (Å²) in [4.78, 5) is 10.1. The minimum absolute atomic E-state index is 0.970. The second-order valence-corrected chi connectivity index (χ2v) is 7.55. The Balaban J connectivity index is 2.31. The first kappa shape index (κ1) is 17.1. The summed E-state index contributed by atoms with van der Waals surface area (Å²) in [6.07, 6.45) is 0. The van der Waals surface area contributed by atoms with Gasteiger partial charge in [-0.2, -0.15) is 0 Å². The number of hydrogen-bond acceptors (Lipinski definition) is 3. The average molecular weight is 425 g/mol. The van der Waals surface area contributed by atoms with E-state index in [1.54, 1.807) is 11.8 Å². The first-order valence-electron chi connectivity index (χ1n) is 6.92. The topological polar surface area (TPSA) is 18.8 Å². The molecule has 5 heteroatoms. The summed E-state index contributed by atoms with van der Waals surface area (Å²) in [7, 11) is 8.17. The molecule has 3 nitrogen and oxygen atoms in total. The number of anilines is 1. The van der Waals surface area contributed by atoms with E-state index >= 15 is 0 Å². The van der Waals surface area contributed by atoms with Gasteiger partial charge >= 0.3 is 0 Å². The first-order chi connectivity index (χ1) is 10.5. The van der Waals surface area contributed by atoms with Gasteiger partial charge in [-0.25, -0.2) is 4.99 Å². The Labute approximate surface area is 150 Å². The van der Waals surface area contributed by atoms with E-state index < -0.39 is 0 Å². The maximum absolute atomic E-state index is 4.75. The molecule has 0 aliphatic rings. The molecule has 0 bridgehead atoms. The lowest BCUT2D eigenvalue weighted by Crippen LogP contribution is -2.18. The Morgan fingerprint density at radius 1 is 1.00 bits per heavy atom. The van der Waals surface area contributed by atoms with Crippen molar-refractivity contribution in [3.05, 3.63) is 52.1 Å². The van der Waals surface area contributed by atoms with E-state index in [2.05, 4.69) is 59.8 Å². The molecule has 2 rings (SSSR count). The maximum Gasteiger partial charge on any atom is 0.168 e. The highest BCUT2D eigenvalue weighted by molar-refractivity contribution is 14.1. The molecule has 0 aromatic heterocycles. The largest absolute Gasteiger partial charge is 0.378 e. The number of para-hydroxylation sites is 1. The van der Waals surface area contributed by atoms with E-state index in [0.717, 1.165) is 10.9 Å². The first-order valence-corrected chi connectivity index (χ1v) is 8.82. The van der Waals surface area contributed by atoms with Gasteiger partial charge in [-0.15, -0.1) is 0 Å². The van der Waals surface area contributed by atoms with Crippen molar-refractivity contribution in [3.8, 4) is 0 Å². The Bertz CT molecular complexity index is 654. The number of thioether (sulfide) groups is 1. The second-order valence-electron chi connectivity index (χ2n) is 5.27. The quantitative estimate of drug-likeness (QED) is 0.308. The van der Waals surface area contributed by atoms with E-state index in [0.29, 0.717) is 0 Å². The molecule has 0 amide bonds. The number of rotatable bonds is 3. The van der Waals surface area contributed by atoms with E-state index in [1.807, 2.05) is 49.3 Å². The summed E-state index contributed by atoms with van der Waals surface area (Å²) >= 11 is 4.04. The van der Waals surface area contributed by atoms with Crippen LogP contribution in [0, 0.1) is 3.57 Å². The van der Waals surface area contributed by atoms with E-state index in [4.69, 9.17) is 4.99 Å². The normalized spacial score (nSPS) is 11.4. The van der Waals surface area contributed by atoms with Crippen LogP contribution in [0.1, 0.15) is 0 Å². The van der Waals surface area contributed by atoms with Crippen LogP contribution in [0.15, 0.2) is 58.4 Å². The predicted molar refractivity (Wildman–Crippen MR) is 107 cm³/mol. The number of halogens is 1. The van der Waals surface area contributed by atoms with Crippen molar-refractivity contribution in [2.45, 2.75) is 4.90 Å². The Kier molecular flexibility index (Phi) is 6.14. The molecule has 0 spiro atoms. The Morgan fingerprint density at radius 3 is 2.27 bits per heavy atom. The molecule has 0 radical (unpaired) electrons. The number of aliphatic imine (C=N–C) groups is 1. The van der Waals surface area contributed by atoms with E-state index in [-0.39, 0.29) is 0 Å². The molecule has 0 saturated carbocycles. The third kappa shape index (κ3) is 4.91. The van der Waals surface area contributed by atoms with Gasteiger partial charge in [0.05, 0.1) is 5.69 Å². The summed E-state index contributed by atoms with van der Waals surface area (Å²) in [6.45, 7) is 0. The predicted octanol–water partition coefficient (Wildman–Crippen LogP) is 4.70. The molecule has 2 aromatic carbocycles. The molecular weight excluding hydrogens is 405 g/mol. The fraction of sp³-hybridized carbons (Fsp3) is 0.235. The lowest BCUT2D eigenvalue weighted by atomic mass is 10.3. The summed E-state index contributed by atoms with van der Waals surface area (Å²) in [6, 6.07) is 16.6. The number of amidine groups is 1. The van der Waals surface area contributed by atoms with Crippen LogP contribution in [0.2, 0.25) is 0 Å². The average Bonchev–Trinajstić information content (AvgIpc) is 2.47. The van der Waals surface area contributed by atoms with Gasteiger partial charge in [0.1, 0.15) is 0 Å². The standard InChI is InChI=1S/C17H20IN3S/c1-20(2)15-10-13(18)11-16(12-15)22-17(21(3)4)19-14-8-6-5-7-9-14/h5-12H,1-4H3. The van der Waals surface area contributed by atoms with Gasteiger partial charge in [-0.3, -0.25) is 0 Å². The highest BCUT2D eigenvalue weighted by atomic mass is 127. The highest BCUT2D eigenvalue weighted by Crippen LogP contribution is 2.29. The van der Waals surface area contributed by atoms with Gasteiger partial charge in [0.2, 0.25) is 0 Å². The molecule has 0 N–H and O–H groups in total. The second kappa shape index (κ2) is 7.87. The molecule has 0 aliphatic heterocycles. The van der Waals surface area contributed by atoms with Crippen LogP contribution in [0.3, 0.4) is 0 Å². The van der Waals surface area contributed by atoms with Crippen LogP contribution >= 0.6 is 34.4 Å². The van der Waals surface area contributed by atoms with Crippen molar-refractivity contribution in [1.82, 2.24) is 4.90 Å². The Morgan fingerprint density at radius 2 is 1.68 bits per heavy atom. The smallest absolute Gasteiger partial charge is 0.168 e. The molecule has 0 fully saturated rings. The summed E-state index contributed by atoms with van der Waals surface area (Å²) in [5.41, 5.74) is 2.17. The van der Waals surface area contributed by atoms with Gasteiger partial charge < -0.3 is 9.80 Å². The summed E-state index contributed by atoms with van der Waals surface area (Å²) in [5.74, 6) is 0.